The van der Waals surface area contributed by atoms with Crippen molar-refractivity contribution in [1.82, 2.24) is 14.6 Å². The van der Waals surface area contributed by atoms with E-state index in [1.54, 1.807) is 11.6 Å². The highest BCUT2D eigenvalue weighted by Gasteiger charge is 2.17. The lowest BCUT2D eigenvalue weighted by Gasteiger charge is -2.30. The van der Waals surface area contributed by atoms with Gasteiger partial charge >= 0.3 is 0 Å². The zero-order valence-electron chi connectivity index (χ0n) is 17.2. The molecule has 5 heteroatoms. The molecule has 0 fully saturated rings. The molecule has 152 valence electrons. The first-order valence-corrected chi connectivity index (χ1v) is 10.7. The number of benzene rings is 1. The maximum Gasteiger partial charge on any atom is 0.270 e. The van der Waals surface area contributed by atoms with Gasteiger partial charge < -0.3 is 5.84 Å². The van der Waals surface area contributed by atoms with Crippen molar-refractivity contribution in [1.29, 1.82) is 0 Å². The van der Waals surface area contributed by atoms with Gasteiger partial charge in [0.15, 0.2) is 5.65 Å². The average molecular weight is 391 g/mol. The van der Waals surface area contributed by atoms with Gasteiger partial charge in [0, 0.05) is 30.2 Å². The van der Waals surface area contributed by atoms with Gasteiger partial charge in [-0.15, -0.1) is 0 Å². The van der Waals surface area contributed by atoms with E-state index in [2.05, 4.69) is 35.0 Å². The summed E-state index contributed by atoms with van der Waals surface area (Å²) < 4.78 is 1.14. The molecule has 1 aliphatic rings. The summed E-state index contributed by atoms with van der Waals surface area (Å²) in [7, 11) is 0. The zero-order valence-corrected chi connectivity index (χ0v) is 17.2. The second-order valence-corrected chi connectivity index (χ2v) is 8.00. The summed E-state index contributed by atoms with van der Waals surface area (Å²) in [5, 5.41) is 0.896. The van der Waals surface area contributed by atoms with Gasteiger partial charge in [-0.25, -0.2) is 9.66 Å². The first kappa shape index (κ1) is 19.6. The van der Waals surface area contributed by atoms with Crippen molar-refractivity contribution in [3.63, 3.8) is 0 Å². The molecule has 1 aromatic carbocycles. The molecule has 0 aliphatic carbocycles. The molecule has 0 amide bonds. The fourth-order valence-electron chi connectivity index (χ4n) is 4.39. The predicted octanol–water partition coefficient (Wildman–Crippen LogP) is 3.44. The molecule has 4 rings (SSSR count). The molecule has 3 heterocycles. The third kappa shape index (κ3) is 4.35. The Labute approximate surface area is 172 Å². The lowest BCUT2D eigenvalue weighted by atomic mass is 9.93. The molecule has 0 saturated heterocycles. The monoisotopic (exact) mass is 390 g/mol. The second-order valence-electron chi connectivity index (χ2n) is 8.00. The van der Waals surface area contributed by atoms with E-state index in [9.17, 15) is 4.79 Å². The van der Waals surface area contributed by atoms with Crippen LogP contribution in [0.3, 0.4) is 0 Å². The third-order valence-electron chi connectivity index (χ3n) is 6.06. The van der Waals surface area contributed by atoms with Gasteiger partial charge in [0.05, 0.1) is 0 Å². The Kier molecular flexibility index (Phi) is 5.95. The highest BCUT2D eigenvalue weighted by molar-refractivity contribution is 5.75. The molecule has 29 heavy (non-hydrogen) atoms. The Morgan fingerprint density at radius 2 is 1.93 bits per heavy atom. The van der Waals surface area contributed by atoms with Gasteiger partial charge in [-0.1, -0.05) is 31.5 Å². The number of aromatic nitrogens is 2. The van der Waals surface area contributed by atoms with Crippen LogP contribution in [0, 0.1) is 0 Å². The Morgan fingerprint density at radius 3 is 2.79 bits per heavy atom. The summed E-state index contributed by atoms with van der Waals surface area (Å²) in [5.74, 6) is 5.83. The number of nitrogens with two attached hydrogens (primary N) is 1. The molecule has 0 saturated carbocycles. The van der Waals surface area contributed by atoms with Crippen LogP contribution in [0.15, 0.2) is 47.3 Å². The van der Waals surface area contributed by atoms with Gasteiger partial charge in [0.2, 0.25) is 0 Å². The number of hydrogen-bond donors (Lipinski definition) is 1. The summed E-state index contributed by atoms with van der Waals surface area (Å²) in [5.41, 5.74) is 5.97. The maximum absolute atomic E-state index is 11.7. The average Bonchev–Trinajstić information content (AvgIpc) is 2.75. The van der Waals surface area contributed by atoms with Crippen LogP contribution in [-0.2, 0) is 25.8 Å². The van der Waals surface area contributed by atoms with Crippen molar-refractivity contribution in [2.24, 2.45) is 0 Å². The maximum atomic E-state index is 11.7. The standard InChI is InChI=1S/C24H30N4O/c1-2-18-7-6-8-20-17-27(16-14-22(18)20)15-5-3-4-9-21-12-10-19-11-13-23(29)28(25)24(19)26-21/h6-8,10-13H,2-5,9,14-17,25H2,1H3. The van der Waals surface area contributed by atoms with E-state index in [1.807, 2.05) is 12.1 Å². The van der Waals surface area contributed by atoms with E-state index in [-0.39, 0.29) is 5.56 Å². The molecule has 5 nitrogen and oxygen atoms in total. The van der Waals surface area contributed by atoms with Crippen LogP contribution >= 0.6 is 0 Å². The van der Waals surface area contributed by atoms with Crippen LogP contribution in [-0.4, -0.2) is 27.6 Å². The van der Waals surface area contributed by atoms with Crippen LogP contribution in [0.5, 0.6) is 0 Å². The summed E-state index contributed by atoms with van der Waals surface area (Å²) in [6.45, 7) is 5.66. The van der Waals surface area contributed by atoms with Crippen molar-refractivity contribution < 1.29 is 0 Å². The highest BCUT2D eigenvalue weighted by Crippen LogP contribution is 2.23. The van der Waals surface area contributed by atoms with E-state index in [0.29, 0.717) is 5.65 Å². The Morgan fingerprint density at radius 1 is 1.07 bits per heavy atom. The lowest BCUT2D eigenvalue weighted by Crippen LogP contribution is -2.31. The molecule has 2 aromatic heterocycles. The summed E-state index contributed by atoms with van der Waals surface area (Å²) in [6.07, 6.45) is 6.72. The Bertz CT molecular complexity index is 1060. The third-order valence-corrected chi connectivity index (χ3v) is 6.06. The van der Waals surface area contributed by atoms with Gasteiger partial charge in [0.1, 0.15) is 0 Å². The summed E-state index contributed by atoms with van der Waals surface area (Å²) >= 11 is 0. The van der Waals surface area contributed by atoms with Gasteiger partial charge in [-0.3, -0.25) is 9.69 Å². The number of rotatable bonds is 7. The quantitative estimate of drug-likeness (QED) is 0.496. The highest BCUT2D eigenvalue weighted by atomic mass is 16.1. The minimum atomic E-state index is -0.226. The topological polar surface area (TPSA) is 64.2 Å². The number of pyridine rings is 2. The van der Waals surface area contributed by atoms with Crippen LogP contribution < -0.4 is 11.4 Å². The minimum absolute atomic E-state index is 0.226. The largest absolute Gasteiger partial charge is 0.334 e. The van der Waals surface area contributed by atoms with Crippen molar-refractivity contribution in [3.05, 3.63) is 75.2 Å². The predicted molar refractivity (Wildman–Crippen MR) is 119 cm³/mol. The molecule has 2 N–H and O–H groups in total. The normalized spacial score (nSPS) is 14.2. The summed E-state index contributed by atoms with van der Waals surface area (Å²) in [4.78, 5) is 18.9. The molecular formula is C24H30N4O. The molecule has 0 spiro atoms. The fourth-order valence-corrected chi connectivity index (χ4v) is 4.39. The number of nitrogen functional groups attached to an aromatic ring is 1. The second kappa shape index (κ2) is 8.78. The van der Waals surface area contributed by atoms with Crippen molar-refractivity contribution in [2.75, 3.05) is 18.9 Å². The summed E-state index contributed by atoms with van der Waals surface area (Å²) in [6, 6.07) is 14.1. The molecule has 0 unspecified atom stereocenters. The van der Waals surface area contributed by atoms with Crippen LogP contribution in [0.25, 0.3) is 11.0 Å². The van der Waals surface area contributed by atoms with Gasteiger partial charge in [0.25, 0.3) is 5.56 Å². The SMILES string of the molecule is CCc1cccc2c1CCN(CCCCCc1ccc3ccc(=O)n(N)c3n1)C2. The molecule has 0 atom stereocenters. The molecule has 0 bridgehead atoms. The molecular weight excluding hydrogens is 360 g/mol. The number of nitrogens with zero attached hydrogens (tertiary/aromatic N) is 3. The Balaban J connectivity index is 1.26. The van der Waals surface area contributed by atoms with Crippen molar-refractivity contribution >= 4 is 11.0 Å². The number of unbranched alkanes of at least 4 members (excludes halogenated alkanes) is 2. The number of fused-ring (bicyclic) bond motifs is 2. The molecule has 0 radical (unpaired) electrons. The first-order chi connectivity index (χ1) is 14.2. The molecule has 3 aromatic rings. The van der Waals surface area contributed by atoms with Crippen LogP contribution in [0.2, 0.25) is 0 Å². The van der Waals surface area contributed by atoms with Gasteiger partial charge in [-0.2, -0.15) is 0 Å². The van der Waals surface area contributed by atoms with Crippen molar-refractivity contribution in [2.45, 2.75) is 52.0 Å². The number of hydrogen-bond acceptors (Lipinski definition) is 4. The van der Waals surface area contributed by atoms with E-state index in [1.165, 1.54) is 43.0 Å². The van der Waals surface area contributed by atoms with Crippen molar-refractivity contribution in [3.8, 4) is 0 Å². The lowest BCUT2D eigenvalue weighted by molar-refractivity contribution is 0.248. The molecule has 1 aliphatic heterocycles. The fraction of sp³-hybridized carbons (Fsp3) is 0.417. The smallest absolute Gasteiger partial charge is 0.270 e. The van der Waals surface area contributed by atoms with E-state index < -0.39 is 0 Å². The Hall–Kier alpha value is -2.66. The van der Waals surface area contributed by atoms with E-state index >= 15 is 0 Å². The van der Waals surface area contributed by atoms with Gasteiger partial charge in [-0.05, 0) is 73.5 Å². The van der Waals surface area contributed by atoms with E-state index in [0.717, 1.165) is 48.1 Å². The van der Waals surface area contributed by atoms with Crippen LogP contribution in [0.4, 0.5) is 0 Å². The van der Waals surface area contributed by atoms with Crippen LogP contribution in [0.1, 0.15) is 48.6 Å². The minimum Gasteiger partial charge on any atom is -0.334 e. The number of aryl methyl sites for hydroxylation is 2. The first-order valence-electron chi connectivity index (χ1n) is 10.7. The van der Waals surface area contributed by atoms with E-state index in [4.69, 9.17) is 5.84 Å². The zero-order chi connectivity index (χ0) is 20.2.